The summed E-state index contributed by atoms with van der Waals surface area (Å²) in [7, 11) is 4.09. The van der Waals surface area contributed by atoms with Gasteiger partial charge >= 0.3 is 0 Å². The second-order valence-electron chi connectivity index (χ2n) is 5.04. The number of likely N-dealkylation sites (N-methyl/N-ethyl adjacent to an activating group) is 1. The normalized spacial score (nSPS) is 11.9. The number of anilines is 1. The van der Waals surface area contributed by atoms with Gasteiger partial charge in [0.25, 0.3) is 0 Å². The van der Waals surface area contributed by atoms with E-state index in [4.69, 9.17) is 10.5 Å². The maximum Gasteiger partial charge on any atom is 0.142 e. The zero-order valence-corrected chi connectivity index (χ0v) is 10.9. The van der Waals surface area contributed by atoms with Crippen molar-refractivity contribution in [3.8, 4) is 5.75 Å². The average Bonchev–Trinajstić information content (AvgIpc) is 2.19. The second kappa shape index (κ2) is 4.74. The van der Waals surface area contributed by atoms with Crippen molar-refractivity contribution in [3.05, 3.63) is 23.8 Å². The molecule has 3 heteroatoms. The quantitative estimate of drug-likeness (QED) is 0.794. The Morgan fingerprint density at radius 2 is 1.94 bits per heavy atom. The van der Waals surface area contributed by atoms with Crippen molar-refractivity contribution in [2.24, 2.45) is 0 Å². The van der Waals surface area contributed by atoms with Gasteiger partial charge in [0, 0.05) is 5.54 Å². The summed E-state index contributed by atoms with van der Waals surface area (Å²) in [5, 5.41) is 0. The Bertz CT molecular complexity index is 359. The lowest BCUT2D eigenvalue weighted by Gasteiger charge is -2.32. The van der Waals surface area contributed by atoms with Crippen LogP contribution in [0, 0.1) is 6.92 Å². The molecule has 1 aromatic rings. The fourth-order valence-electron chi connectivity index (χ4n) is 1.15. The molecule has 16 heavy (non-hydrogen) atoms. The van der Waals surface area contributed by atoms with Crippen molar-refractivity contribution in [2.75, 3.05) is 26.4 Å². The number of benzene rings is 1. The summed E-state index contributed by atoms with van der Waals surface area (Å²) < 4.78 is 5.78. The van der Waals surface area contributed by atoms with Gasteiger partial charge in [-0.2, -0.15) is 0 Å². The first-order valence-electron chi connectivity index (χ1n) is 5.49. The Hall–Kier alpha value is -1.22. The molecule has 0 aliphatic carbocycles. The topological polar surface area (TPSA) is 38.5 Å². The molecule has 90 valence electrons. The van der Waals surface area contributed by atoms with E-state index in [2.05, 4.69) is 18.7 Å². The van der Waals surface area contributed by atoms with Gasteiger partial charge in [0.05, 0.1) is 5.69 Å². The molecule has 0 bridgehead atoms. The molecular formula is C13H22N2O. The highest BCUT2D eigenvalue weighted by Gasteiger charge is 2.21. The molecule has 0 heterocycles. The van der Waals surface area contributed by atoms with Crippen LogP contribution in [0.15, 0.2) is 18.2 Å². The van der Waals surface area contributed by atoms with Crippen LogP contribution in [0.2, 0.25) is 0 Å². The third-order valence-electron chi connectivity index (χ3n) is 2.96. The van der Waals surface area contributed by atoms with Crippen molar-refractivity contribution in [2.45, 2.75) is 26.3 Å². The minimum Gasteiger partial charge on any atom is -0.490 e. The van der Waals surface area contributed by atoms with E-state index in [1.807, 2.05) is 39.2 Å². The Morgan fingerprint density at radius 3 is 2.50 bits per heavy atom. The first-order valence-corrected chi connectivity index (χ1v) is 5.49. The van der Waals surface area contributed by atoms with Crippen molar-refractivity contribution < 1.29 is 4.74 Å². The molecule has 0 amide bonds. The van der Waals surface area contributed by atoms with Gasteiger partial charge in [0.1, 0.15) is 12.4 Å². The molecule has 1 rings (SSSR count). The van der Waals surface area contributed by atoms with Gasteiger partial charge in [0.15, 0.2) is 0 Å². The first-order chi connectivity index (χ1) is 7.33. The van der Waals surface area contributed by atoms with E-state index < -0.39 is 0 Å². The summed E-state index contributed by atoms with van der Waals surface area (Å²) in [5.41, 5.74) is 7.71. The summed E-state index contributed by atoms with van der Waals surface area (Å²) in [4.78, 5) is 2.14. The number of hydrogen-bond acceptors (Lipinski definition) is 3. The molecule has 0 saturated heterocycles. The molecule has 0 atom stereocenters. The van der Waals surface area contributed by atoms with E-state index in [0.29, 0.717) is 12.3 Å². The lowest BCUT2D eigenvalue weighted by Crippen LogP contribution is -2.43. The Morgan fingerprint density at radius 1 is 1.31 bits per heavy atom. The maximum atomic E-state index is 5.86. The van der Waals surface area contributed by atoms with Crippen LogP contribution in [0.5, 0.6) is 5.75 Å². The summed E-state index contributed by atoms with van der Waals surface area (Å²) >= 11 is 0. The van der Waals surface area contributed by atoms with Gasteiger partial charge in [-0.15, -0.1) is 0 Å². The van der Waals surface area contributed by atoms with Gasteiger partial charge < -0.3 is 15.4 Å². The van der Waals surface area contributed by atoms with E-state index in [1.165, 1.54) is 0 Å². The Labute approximate surface area is 98.2 Å². The third kappa shape index (κ3) is 3.14. The van der Waals surface area contributed by atoms with Gasteiger partial charge in [-0.1, -0.05) is 6.07 Å². The molecule has 1 aromatic carbocycles. The van der Waals surface area contributed by atoms with Crippen LogP contribution in [-0.4, -0.2) is 31.1 Å². The minimum absolute atomic E-state index is 0.00378. The van der Waals surface area contributed by atoms with Crippen LogP contribution < -0.4 is 10.5 Å². The fraction of sp³-hybridized carbons (Fsp3) is 0.538. The monoisotopic (exact) mass is 222 g/mol. The molecule has 0 fully saturated rings. The van der Waals surface area contributed by atoms with Crippen molar-refractivity contribution in [3.63, 3.8) is 0 Å². The number of ether oxygens (including phenoxy) is 1. The number of nitrogens with two attached hydrogens (primary N) is 1. The first kappa shape index (κ1) is 12.8. The number of hydrogen-bond donors (Lipinski definition) is 1. The molecule has 0 radical (unpaired) electrons. The van der Waals surface area contributed by atoms with E-state index in [1.54, 1.807) is 0 Å². The lowest BCUT2D eigenvalue weighted by molar-refractivity contribution is 0.114. The van der Waals surface area contributed by atoms with Gasteiger partial charge in [-0.05, 0) is 52.6 Å². The molecular weight excluding hydrogens is 200 g/mol. The Balaban J connectivity index is 2.71. The molecule has 0 saturated carbocycles. The summed E-state index contributed by atoms with van der Waals surface area (Å²) in [6, 6.07) is 5.84. The number of rotatable bonds is 4. The van der Waals surface area contributed by atoms with Gasteiger partial charge in [-0.3, -0.25) is 0 Å². The SMILES string of the molecule is Cc1ccc(N)c(OCC(C)(C)N(C)C)c1. The van der Waals surface area contributed by atoms with E-state index in [0.717, 1.165) is 11.3 Å². The molecule has 2 N–H and O–H groups in total. The van der Waals surface area contributed by atoms with Crippen LogP contribution in [-0.2, 0) is 0 Å². The number of nitrogens with zero attached hydrogens (tertiary/aromatic N) is 1. The highest BCUT2D eigenvalue weighted by molar-refractivity contribution is 5.53. The largest absolute Gasteiger partial charge is 0.490 e. The number of aryl methyl sites for hydroxylation is 1. The highest BCUT2D eigenvalue weighted by atomic mass is 16.5. The van der Waals surface area contributed by atoms with Crippen molar-refractivity contribution in [1.29, 1.82) is 0 Å². The number of nitrogen functional groups attached to an aromatic ring is 1. The van der Waals surface area contributed by atoms with E-state index in [9.17, 15) is 0 Å². The van der Waals surface area contributed by atoms with Crippen LogP contribution in [0.1, 0.15) is 19.4 Å². The predicted molar refractivity (Wildman–Crippen MR) is 68.9 cm³/mol. The Kier molecular flexibility index (Phi) is 3.81. The van der Waals surface area contributed by atoms with Crippen LogP contribution in [0.4, 0.5) is 5.69 Å². The molecule has 0 unspecified atom stereocenters. The van der Waals surface area contributed by atoms with Gasteiger partial charge in [-0.25, -0.2) is 0 Å². The molecule has 0 aromatic heterocycles. The lowest BCUT2D eigenvalue weighted by atomic mass is 10.1. The van der Waals surface area contributed by atoms with Crippen molar-refractivity contribution in [1.82, 2.24) is 4.90 Å². The fourth-order valence-corrected chi connectivity index (χ4v) is 1.15. The van der Waals surface area contributed by atoms with Crippen LogP contribution in [0.3, 0.4) is 0 Å². The molecule has 0 aliphatic rings. The second-order valence-corrected chi connectivity index (χ2v) is 5.04. The maximum absolute atomic E-state index is 5.86. The van der Waals surface area contributed by atoms with E-state index in [-0.39, 0.29) is 5.54 Å². The summed E-state index contributed by atoms with van der Waals surface area (Å²) in [6.45, 7) is 6.93. The van der Waals surface area contributed by atoms with Crippen LogP contribution >= 0.6 is 0 Å². The standard InChI is InChI=1S/C13H22N2O/c1-10-6-7-11(14)12(8-10)16-9-13(2,3)15(4)5/h6-8H,9,14H2,1-5H3. The van der Waals surface area contributed by atoms with Gasteiger partial charge in [0.2, 0.25) is 0 Å². The van der Waals surface area contributed by atoms with Crippen molar-refractivity contribution >= 4 is 5.69 Å². The van der Waals surface area contributed by atoms with Crippen LogP contribution in [0.25, 0.3) is 0 Å². The minimum atomic E-state index is -0.00378. The third-order valence-corrected chi connectivity index (χ3v) is 2.96. The zero-order valence-electron chi connectivity index (χ0n) is 10.9. The molecule has 3 nitrogen and oxygen atoms in total. The molecule has 0 spiro atoms. The zero-order chi connectivity index (χ0) is 12.3. The molecule has 0 aliphatic heterocycles. The highest BCUT2D eigenvalue weighted by Crippen LogP contribution is 2.24. The average molecular weight is 222 g/mol. The smallest absolute Gasteiger partial charge is 0.142 e. The predicted octanol–water partition coefficient (Wildman–Crippen LogP) is 2.30. The summed E-state index contributed by atoms with van der Waals surface area (Å²) in [6.07, 6.45) is 0. The van der Waals surface area contributed by atoms with E-state index >= 15 is 0 Å². The summed E-state index contributed by atoms with van der Waals surface area (Å²) in [5.74, 6) is 0.773.